The summed E-state index contributed by atoms with van der Waals surface area (Å²) in [5, 5.41) is 8.90. The van der Waals surface area contributed by atoms with Gasteiger partial charge in [0.05, 0.1) is 5.56 Å². The number of unbranched alkanes of at least 4 members (excludes halogenated alkanes) is 2. The number of nitrogens with zero attached hydrogens (tertiary/aromatic N) is 1. The lowest BCUT2D eigenvalue weighted by Crippen LogP contribution is -2.16. The third kappa shape index (κ3) is 6.84. The molecule has 1 nitrogen and oxygen atoms in total. The Morgan fingerprint density at radius 3 is 1.90 bits per heavy atom. The number of hydrogen-bond acceptors (Lipinski definition) is 1. The van der Waals surface area contributed by atoms with Crippen molar-refractivity contribution in [3.63, 3.8) is 0 Å². The summed E-state index contributed by atoms with van der Waals surface area (Å²) in [6.07, 6.45) is 20.8. The summed E-state index contributed by atoms with van der Waals surface area (Å²) in [6.45, 7) is 2.30. The smallest absolute Gasteiger partial charge is 0.141 e. The zero-order chi connectivity index (χ0) is 20.5. The molecule has 0 unspecified atom stereocenters. The van der Waals surface area contributed by atoms with Gasteiger partial charge < -0.3 is 0 Å². The number of benzene rings is 1. The zero-order valence-corrected chi connectivity index (χ0v) is 18.5. The van der Waals surface area contributed by atoms with Crippen LogP contribution in [0.5, 0.6) is 0 Å². The molecule has 2 saturated carbocycles. The molecule has 0 aromatic heterocycles. The second kappa shape index (κ2) is 11.7. The molecular weight excluding hydrogens is 357 g/mol. The molecule has 0 bridgehead atoms. The summed E-state index contributed by atoms with van der Waals surface area (Å²) in [5.74, 6) is 3.03. The maximum atomic E-state index is 13.9. The minimum atomic E-state index is -0.354. The average Bonchev–Trinajstić information content (AvgIpc) is 2.75. The molecule has 0 radical (unpaired) electrons. The van der Waals surface area contributed by atoms with Crippen LogP contribution in [-0.4, -0.2) is 0 Å². The monoisotopic (exact) mass is 397 g/mol. The molecule has 0 aliphatic heterocycles. The number of hydrogen-bond donors (Lipinski definition) is 0. The standard InChI is InChI=1S/C27H40FN/c1-2-3-4-6-21-9-11-22(12-10-21)7-5-8-23-13-15-24(16-14-23)25-17-18-26(20-29)27(28)19-25/h17-19,21-24H,2-16H2,1H3. The fourth-order valence-electron chi connectivity index (χ4n) is 5.85. The molecule has 160 valence electrons. The normalized spacial score (nSPS) is 27.5. The van der Waals surface area contributed by atoms with E-state index in [1.807, 2.05) is 12.1 Å². The second-order valence-electron chi connectivity index (χ2n) is 9.88. The van der Waals surface area contributed by atoms with E-state index < -0.39 is 0 Å². The van der Waals surface area contributed by atoms with Gasteiger partial charge in [0, 0.05) is 0 Å². The van der Waals surface area contributed by atoms with Crippen molar-refractivity contribution in [1.82, 2.24) is 0 Å². The van der Waals surface area contributed by atoms with E-state index in [2.05, 4.69) is 6.92 Å². The molecule has 0 saturated heterocycles. The van der Waals surface area contributed by atoms with Crippen LogP contribution in [0.4, 0.5) is 4.39 Å². The molecule has 0 atom stereocenters. The van der Waals surface area contributed by atoms with Gasteiger partial charge in [0.25, 0.3) is 0 Å². The van der Waals surface area contributed by atoms with Crippen molar-refractivity contribution in [3.05, 3.63) is 35.1 Å². The van der Waals surface area contributed by atoms with Crippen molar-refractivity contribution in [2.75, 3.05) is 0 Å². The van der Waals surface area contributed by atoms with Gasteiger partial charge in [-0.25, -0.2) is 4.39 Å². The molecule has 0 heterocycles. The summed E-state index contributed by atoms with van der Waals surface area (Å²) >= 11 is 0. The van der Waals surface area contributed by atoms with Crippen molar-refractivity contribution < 1.29 is 4.39 Å². The summed E-state index contributed by atoms with van der Waals surface area (Å²) in [4.78, 5) is 0. The predicted octanol–water partition coefficient (Wildman–Crippen LogP) is 8.53. The van der Waals surface area contributed by atoms with Gasteiger partial charge in [0.1, 0.15) is 11.9 Å². The van der Waals surface area contributed by atoms with Crippen LogP contribution in [-0.2, 0) is 0 Å². The largest absolute Gasteiger partial charge is 0.206 e. The first kappa shape index (κ1) is 22.3. The predicted molar refractivity (Wildman–Crippen MR) is 119 cm³/mol. The van der Waals surface area contributed by atoms with Gasteiger partial charge >= 0.3 is 0 Å². The van der Waals surface area contributed by atoms with E-state index >= 15 is 0 Å². The van der Waals surface area contributed by atoms with Crippen LogP contribution < -0.4 is 0 Å². The van der Waals surface area contributed by atoms with Crippen molar-refractivity contribution in [1.29, 1.82) is 5.26 Å². The third-order valence-electron chi connectivity index (χ3n) is 7.84. The van der Waals surface area contributed by atoms with Gasteiger partial charge in [-0.15, -0.1) is 0 Å². The summed E-state index contributed by atoms with van der Waals surface area (Å²) in [6, 6.07) is 7.13. The first-order valence-electron chi connectivity index (χ1n) is 12.4. The minimum Gasteiger partial charge on any atom is -0.206 e. The topological polar surface area (TPSA) is 23.8 Å². The van der Waals surface area contributed by atoms with Gasteiger partial charge in [-0.1, -0.05) is 83.6 Å². The van der Waals surface area contributed by atoms with E-state index in [4.69, 9.17) is 5.26 Å². The highest BCUT2D eigenvalue weighted by atomic mass is 19.1. The van der Waals surface area contributed by atoms with Crippen LogP contribution in [0.1, 0.15) is 120 Å². The fraction of sp³-hybridized carbons (Fsp3) is 0.741. The summed E-state index contributed by atoms with van der Waals surface area (Å²) in [5.41, 5.74) is 1.26. The molecule has 0 amide bonds. The van der Waals surface area contributed by atoms with Gasteiger partial charge in [0.2, 0.25) is 0 Å². The molecule has 2 aliphatic rings. The van der Waals surface area contributed by atoms with Gasteiger partial charge in [-0.2, -0.15) is 5.26 Å². The summed E-state index contributed by atoms with van der Waals surface area (Å²) in [7, 11) is 0. The molecule has 29 heavy (non-hydrogen) atoms. The van der Waals surface area contributed by atoms with E-state index in [-0.39, 0.29) is 11.4 Å². The lowest BCUT2D eigenvalue weighted by atomic mass is 9.75. The highest BCUT2D eigenvalue weighted by molar-refractivity contribution is 5.34. The maximum absolute atomic E-state index is 13.9. The molecule has 0 N–H and O–H groups in total. The van der Waals surface area contributed by atoms with E-state index in [0.717, 1.165) is 23.3 Å². The Morgan fingerprint density at radius 2 is 1.38 bits per heavy atom. The SMILES string of the molecule is CCCCCC1CCC(CCCC2CCC(c3ccc(C#N)c(F)c3)CC2)CC1. The molecular formula is C27H40FN. The summed E-state index contributed by atoms with van der Waals surface area (Å²) < 4.78 is 13.9. The second-order valence-corrected chi connectivity index (χ2v) is 9.88. The van der Waals surface area contributed by atoms with E-state index in [1.54, 1.807) is 12.1 Å². The van der Waals surface area contributed by atoms with Crippen LogP contribution in [0.3, 0.4) is 0 Å². The third-order valence-corrected chi connectivity index (χ3v) is 7.84. The number of halogens is 1. The Hall–Kier alpha value is -1.36. The fourth-order valence-corrected chi connectivity index (χ4v) is 5.85. The van der Waals surface area contributed by atoms with Crippen LogP contribution in [0.2, 0.25) is 0 Å². The molecule has 0 spiro atoms. The molecule has 2 aliphatic carbocycles. The molecule has 3 rings (SSSR count). The first-order chi connectivity index (χ1) is 14.2. The minimum absolute atomic E-state index is 0.164. The number of nitriles is 1. The van der Waals surface area contributed by atoms with Gasteiger partial charge in [-0.05, 0) is 67.1 Å². The van der Waals surface area contributed by atoms with Crippen molar-refractivity contribution in [2.45, 2.75) is 109 Å². The Balaban J connectivity index is 1.30. The van der Waals surface area contributed by atoms with Crippen molar-refractivity contribution >= 4 is 0 Å². The van der Waals surface area contributed by atoms with Crippen LogP contribution in [0.15, 0.2) is 18.2 Å². The maximum Gasteiger partial charge on any atom is 0.141 e. The quantitative estimate of drug-likeness (QED) is 0.383. The molecule has 1 aromatic rings. The Kier molecular flexibility index (Phi) is 9.03. The van der Waals surface area contributed by atoms with E-state index in [1.165, 1.54) is 96.3 Å². The van der Waals surface area contributed by atoms with Gasteiger partial charge in [0.15, 0.2) is 0 Å². The average molecular weight is 398 g/mol. The molecule has 2 heteroatoms. The van der Waals surface area contributed by atoms with Crippen molar-refractivity contribution in [2.24, 2.45) is 17.8 Å². The van der Waals surface area contributed by atoms with E-state index in [0.29, 0.717) is 5.92 Å². The Morgan fingerprint density at radius 1 is 0.828 bits per heavy atom. The lowest BCUT2D eigenvalue weighted by Gasteiger charge is -2.31. The van der Waals surface area contributed by atoms with E-state index in [9.17, 15) is 4.39 Å². The first-order valence-corrected chi connectivity index (χ1v) is 12.4. The zero-order valence-electron chi connectivity index (χ0n) is 18.5. The van der Waals surface area contributed by atoms with Crippen molar-refractivity contribution in [3.8, 4) is 6.07 Å². The van der Waals surface area contributed by atoms with Gasteiger partial charge in [-0.3, -0.25) is 0 Å². The number of rotatable bonds is 9. The van der Waals surface area contributed by atoms with Crippen LogP contribution in [0, 0.1) is 34.9 Å². The highest BCUT2D eigenvalue weighted by Gasteiger charge is 2.24. The van der Waals surface area contributed by atoms with Crippen LogP contribution in [0.25, 0.3) is 0 Å². The molecule has 2 fully saturated rings. The Labute approximate surface area is 178 Å². The Bertz CT molecular complexity index is 645. The molecule has 1 aromatic carbocycles. The van der Waals surface area contributed by atoms with Crippen LogP contribution >= 0.6 is 0 Å². The highest BCUT2D eigenvalue weighted by Crippen LogP contribution is 2.39. The lowest BCUT2D eigenvalue weighted by molar-refractivity contribution is 0.234.